The number of hydrogen-bond donors (Lipinski definition) is 1. The van der Waals surface area contributed by atoms with E-state index in [4.69, 9.17) is 23.2 Å². The Hall–Kier alpha value is -2.68. The maximum absolute atomic E-state index is 12.8. The first kappa shape index (κ1) is 23.0. The van der Waals surface area contributed by atoms with Crippen LogP contribution in [0.25, 0.3) is 0 Å². The molecule has 8 nitrogen and oxygen atoms in total. The van der Waals surface area contributed by atoms with E-state index in [0.29, 0.717) is 32.7 Å². The van der Waals surface area contributed by atoms with Crippen LogP contribution in [0.1, 0.15) is 22.8 Å². The molecule has 0 spiro atoms. The maximum Gasteiger partial charge on any atom is 0.269 e. The average molecular weight is 465 g/mol. The molecule has 0 bridgehead atoms. The number of rotatable bonds is 6. The summed E-state index contributed by atoms with van der Waals surface area (Å²) in [6.45, 7) is 4.49. The standard InChI is InChI=1S/C21H22Cl2N4O4/c1-14(24-20(28)17-6-3-7-18(22)19(17)23)21(29)26-10-8-25(9-11-26)13-15-4-2-5-16(12-15)27(30)31/h2-7,12,14H,8-11,13H2,1H3,(H,24,28). The van der Waals surface area contributed by atoms with Crippen LogP contribution in [0, 0.1) is 10.1 Å². The van der Waals surface area contributed by atoms with Crippen LogP contribution in [0.4, 0.5) is 5.69 Å². The molecule has 164 valence electrons. The van der Waals surface area contributed by atoms with Crippen molar-refractivity contribution in [1.29, 1.82) is 0 Å². The molecule has 10 heteroatoms. The zero-order chi connectivity index (χ0) is 22.5. The quantitative estimate of drug-likeness (QED) is 0.522. The van der Waals surface area contributed by atoms with Crippen molar-refractivity contribution in [3.63, 3.8) is 0 Å². The second-order valence-corrected chi connectivity index (χ2v) is 8.11. The number of amides is 2. The van der Waals surface area contributed by atoms with E-state index < -0.39 is 16.9 Å². The maximum atomic E-state index is 12.8. The molecule has 31 heavy (non-hydrogen) atoms. The summed E-state index contributed by atoms with van der Waals surface area (Å²) in [4.78, 5) is 39.6. The number of non-ortho nitro benzene ring substituents is 1. The normalized spacial score (nSPS) is 15.4. The van der Waals surface area contributed by atoms with Gasteiger partial charge in [-0.25, -0.2) is 0 Å². The van der Waals surface area contributed by atoms with Crippen LogP contribution < -0.4 is 5.32 Å². The van der Waals surface area contributed by atoms with Gasteiger partial charge in [-0.05, 0) is 24.6 Å². The molecule has 3 rings (SSSR count). The lowest BCUT2D eigenvalue weighted by molar-refractivity contribution is -0.384. The molecule has 1 atom stereocenters. The third kappa shape index (κ3) is 5.72. The number of hydrogen-bond acceptors (Lipinski definition) is 5. The molecule has 1 fully saturated rings. The van der Waals surface area contributed by atoms with Gasteiger partial charge in [-0.1, -0.05) is 41.4 Å². The van der Waals surface area contributed by atoms with Crippen LogP contribution in [0.3, 0.4) is 0 Å². The average Bonchev–Trinajstić information content (AvgIpc) is 2.75. The number of halogens is 2. The lowest BCUT2D eigenvalue weighted by Gasteiger charge is -2.36. The van der Waals surface area contributed by atoms with Crippen LogP contribution in [0.5, 0.6) is 0 Å². The predicted octanol–water partition coefficient (Wildman–Crippen LogP) is 3.36. The summed E-state index contributed by atoms with van der Waals surface area (Å²) >= 11 is 12.0. The minimum absolute atomic E-state index is 0.0655. The van der Waals surface area contributed by atoms with Crippen molar-refractivity contribution >= 4 is 40.7 Å². The molecule has 2 aromatic rings. The number of nitrogens with one attached hydrogen (secondary N) is 1. The zero-order valence-electron chi connectivity index (χ0n) is 16.9. The number of nitrogens with zero attached hydrogens (tertiary/aromatic N) is 3. The summed E-state index contributed by atoms with van der Waals surface area (Å²) < 4.78 is 0. The van der Waals surface area contributed by atoms with Crippen molar-refractivity contribution in [2.45, 2.75) is 19.5 Å². The summed E-state index contributed by atoms with van der Waals surface area (Å²) in [6.07, 6.45) is 0. The van der Waals surface area contributed by atoms with Crippen molar-refractivity contribution in [2.75, 3.05) is 26.2 Å². The Kier molecular flexibility index (Phi) is 7.48. The van der Waals surface area contributed by atoms with E-state index in [1.54, 1.807) is 42.2 Å². The van der Waals surface area contributed by atoms with Crippen molar-refractivity contribution in [1.82, 2.24) is 15.1 Å². The molecule has 0 aliphatic carbocycles. The molecular formula is C21H22Cl2N4O4. The van der Waals surface area contributed by atoms with E-state index in [9.17, 15) is 19.7 Å². The number of carbonyl (C=O) groups is 2. The second-order valence-electron chi connectivity index (χ2n) is 7.32. The third-order valence-corrected chi connectivity index (χ3v) is 5.94. The lowest BCUT2D eigenvalue weighted by atomic mass is 10.1. The first-order valence-corrected chi connectivity index (χ1v) is 10.5. The molecule has 0 aromatic heterocycles. The Balaban J connectivity index is 1.52. The summed E-state index contributed by atoms with van der Waals surface area (Å²) in [5.74, 6) is -0.640. The lowest BCUT2D eigenvalue weighted by Crippen LogP contribution is -2.53. The summed E-state index contributed by atoms with van der Waals surface area (Å²) in [5, 5.41) is 14.0. The fraction of sp³-hybridized carbons (Fsp3) is 0.333. The van der Waals surface area contributed by atoms with E-state index in [0.717, 1.165) is 5.56 Å². The van der Waals surface area contributed by atoms with E-state index in [2.05, 4.69) is 10.2 Å². The van der Waals surface area contributed by atoms with Crippen molar-refractivity contribution in [3.05, 3.63) is 73.8 Å². The molecule has 2 aromatic carbocycles. The molecule has 1 saturated heterocycles. The van der Waals surface area contributed by atoms with E-state index in [1.807, 2.05) is 6.07 Å². The second kappa shape index (κ2) is 10.1. The molecule has 0 saturated carbocycles. The summed E-state index contributed by atoms with van der Waals surface area (Å²) in [5.41, 5.74) is 1.14. The van der Waals surface area contributed by atoms with Crippen LogP contribution in [0.15, 0.2) is 42.5 Å². The minimum atomic E-state index is -0.717. The van der Waals surface area contributed by atoms with Gasteiger partial charge in [0.1, 0.15) is 6.04 Å². The van der Waals surface area contributed by atoms with Crippen LogP contribution in [-0.2, 0) is 11.3 Å². The van der Waals surface area contributed by atoms with Gasteiger partial charge in [-0.15, -0.1) is 0 Å². The Morgan fingerprint density at radius 1 is 1.13 bits per heavy atom. The highest BCUT2D eigenvalue weighted by atomic mass is 35.5. The van der Waals surface area contributed by atoms with Gasteiger partial charge in [-0.3, -0.25) is 24.6 Å². The number of nitro benzene ring substituents is 1. The number of nitro groups is 1. The Morgan fingerprint density at radius 2 is 1.81 bits per heavy atom. The van der Waals surface area contributed by atoms with Crippen LogP contribution in [-0.4, -0.2) is 58.8 Å². The highest BCUT2D eigenvalue weighted by molar-refractivity contribution is 6.43. The Labute approximate surface area is 189 Å². The third-order valence-electron chi connectivity index (χ3n) is 5.13. The van der Waals surface area contributed by atoms with Gasteiger partial charge in [0.05, 0.1) is 20.5 Å². The van der Waals surface area contributed by atoms with Crippen molar-refractivity contribution in [3.8, 4) is 0 Å². The van der Waals surface area contributed by atoms with Crippen molar-refractivity contribution in [2.24, 2.45) is 0 Å². The summed E-state index contributed by atoms with van der Waals surface area (Å²) in [6, 6.07) is 10.6. The minimum Gasteiger partial charge on any atom is -0.340 e. The van der Waals surface area contributed by atoms with Crippen LogP contribution in [0.2, 0.25) is 10.0 Å². The van der Waals surface area contributed by atoms with Gasteiger partial charge >= 0.3 is 0 Å². The fourth-order valence-electron chi connectivity index (χ4n) is 3.44. The molecule has 1 aliphatic rings. The Bertz CT molecular complexity index is 993. The Morgan fingerprint density at radius 3 is 2.48 bits per heavy atom. The van der Waals surface area contributed by atoms with Gasteiger partial charge in [0.25, 0.3) is 11.6 Å². The van der Waals surface area contributed by atoms with E-state index >= 15 is 0 Å². The van der Waals surface area contributed by atoms with E-state index in [1.165, 1.54) is 6.07 Å². The first-order valence-electron chi connectivity index (χ1n) is 9.75. The first-order chi connectivity index (χ1) is 14.8. The van der Waals surface area contributed by atoms with Crippen molar-refractivity contribution < 1.29 is 14.5 Å². The number of carbonyl (C=O) groups excluding carboxylic acids is 2. The highest BCUT2D eigenvalue weighted by Crippen LogP contribution is 2.25. The fourth-order valence-corrected chi connectivity index (χ4v) is 3.83. The van der Waals surface area contributed by atoms with Gasteiger partial charge < -0.3 is 10.2 Å². The molecule has 1 heterocycles. The van der Waals surface area contributed by atoms with Gasteiger partial charge in [0.15, 0.2) is 0 Å². The topological polar surface area (TPSA) is 95.8 Å². The SMILES string of the molecule is CC(NC(=O)c1cccc(Cl)c1Cl)C(=O)N1CCN(Cc2cccc([N+](=O)[O-])c2)CC1. The molecule has 1 unspecified atom stereocenters. The van der Waals surface area contributed by atoms with E-state index in [-0.39, 0.29) is 27.2 Å². The number of benzene rings is 2. The zero-order valence-corrected chi connectivity index (χ0v) is 18.4. The molecular weight excluding hydrogens is 443 g/mol. The summed E-state index contributed by atoms with van der Waals surface area (Å²) in [7, 11) is 0. The molecule has 1 N–H and O–H groups in total. The number of piperazine rings is 1. The molecule has 0 radical (unpaired) electrons. The predicted molar refractivity (Wildman–Crippen MR) is 118 cm³/mol. The van der Waals surface area contributed by atoms with Gasteiger partial charge in [0.2, 0.25) is 5.91 Å². The largest absolute Gasteiger partial charge is 0.340 e. The highest BCUT2D eigenvalue weighted by Gasteiger charge is 2.27. The smallest absolute Gasteiger partial charge is 0.269 e. The molecule has 2 amide bonds. The van der Waals surface area contributed by atoms with Crippen LogP contribution >= 0.6 is 23.2 Å². The van der Waals surface area contributed by atoms with Gasteiger partial charge in [0, 0.05) is 44.9 Å². The van der Waals surface area contributed by atoms with Gasteiger partial charge in [-0.2, -0.15) is 0 Å². The molecule has 1 aliphatic heterocycles. The monoisotopic (exact) mass is 464 g/mol.